The number of rotatable bonds is 2. The van der Waals surface area contributed by atoms with Crippen LogP contribution in [-0.2, 0) is 6.42 Å². The third-order valence-corrected chi connectivity index (χ3v) is 3.79. The highest BCUT2D eigenvalue weighted by molar-refractivity contribution is 5.84. The molecule has 0 N–H and O–H groups in total. The van der Waals surface area contributed by atoms with Crippen LogP contribution in [0, 0.1) is 17.8 Å². The minimum absolute atomic E-state index is 0.0586. The lowest BCUT2D eigenvalue weighted by Gasteiger charge is -2.13. The Morgan fingerprint density at radius 3 is 2.50 bits per heavy atom. The van der Waals surface area contributed by atoms with E-state index in [-0.39, 0.29) is 11.5 Å². The zero-order valence-electron chi connectivity index (χ0n) is 14.2. The fourth-order valence-electron chi connectivity index (χ4n) is 2.68. The smallest absolute Gasteiger partial charge is 0.267 e. The van der Waals surface area contributed by atoms with E-state index in [0.717, 1.165) is 17.1 Å². The average molecular weight is 316 g/mol. The first-order valence-corrected chi connectivity index (χ1v) is 8.23. The van der Waals surface area contributed by atoms with Crippen LogP contribution in [-0.4, -0.2) is 9.55 Å². The summed E-state index contributed by atoms with van der Waals surface area (Å²) in [5.74, 6) is 7.29. The van der Waals surface area contributed by atoms with Crippen molar-refractivity contribution in [2.45, 2.75) is 27.2 Å². The van der Waals surface area contributed by atoms with E-state index in [9.17, 15) is 4.79 Å². The number of hydrogen-bond donors (Lipinski definition) is 0. The predicted octanol–water partition coefficient (Wildman–Crippen LogP) is 3.96. The minimum atomic E-state index is -0.0586. The summed E-state index contributed by atoms with van der Waals surface area (Å²) in [6.45, 7) is 6.08. The molecule has 3 aromatic rings. The van der Waals surface area contributed by atoms with Crippen molar-refractivity contribution in [2.24, 2.45) is 5.92 Å². The van der Waals surface area contributed by atoms with Crippen molar-refractivity contribution in [3.63, 3.8) is 0 Å². The molecule has 0 aliphatic rings. The standard InChI is InChI=1S/C21H20N2O/c1-4-19-22-18-12-8-9-16(14-13-15(2)3)20(18)21(24)23(19)17-10-6-5-7-11-17/h5-12,15H,4H2,1-3H3. The fraction of sp³-hybridized carbons (Fsp3) is 0.238. The molecule has 24 heavy (non-hydrogen) atoms. The van der Waals surface area contributed by atoms with Gasteiger partial charge in [-0.3, -0.25) is 9.36 Å². The van der Waals surface area contributed by atoms with Crippen LogP contribution in [0.1, 0.15) is 32.2 Å². The molecule has 0 saturated carbocycles. The molecule has 0 spiro atoms. The summed E-state index contributed by atoms with van der Waals surface area (Å²) in [5.41, 5.74) is 2.22. The number of nitrogens with zero attached hydrogens (tertiary/aromatic N) is 2. The maximum Gasteiger partial charge on any atom is 0.267 e. The zero-order valence-corrected chi connectivity index (χ0v) is 14.2. The van der Waals surface area contributed by atoms with Gasteiger partial charge in [-0.1, -0.05) is 56.9 Å². The van der Waals surface area contributed by atoms with Gasteiger partial charge in [0.15, 0.2) is 0 Å². The molecular weight excluding hydrogens is 296 g/mol. The normalized spacial score (nSPS) is 10.7. The van der Waals surface area contributed by atoms with Crippen molar-refractivity contribution in [1.82, 2.24) is 9.55 Å². The summed E-state index contributed by atoms with van der Waals surface area (Å²) < 4.78 is 1.70. The van der Waals surface area contributed by atoms with Gasteiger partial charge in [-0.25, -0.2) is 4.98 Å². The third-order valence-electron chi connectivity index (χ3n) is 3.79. The quantitative estimate of drug-likeness (QED) is 0.671. The van der Waals surface area contributed by atoms with Crippen LogP contribution in [0.2, 0.25) is 0 Å². The fourth-order valence-corrected chi connectivity index (χ4v) is 2.68. The highest BCUT2D eigenvalue weighted by atomic mass is 16.1. The van der Waals surface area contributed by atoms with Gasteiger partial charge in [0.2, 0.25) is 0 Å². The first-order valence-electron chi connectivity index (χ1n) is 8.23. The summed E-state index contributed by atoms with van der Waals surface area (Å²) >= 11 is 0. The second-order valence-corrected chi connectivity index (χ2v) is 5.98. The largest absolute Gasteiger partial charge is 0.268 e. The van der Waals surface area contributed by atoms with Crippen molar-refractivity contribution < 1.29 is 0 Å². The Bertz CT molecular complexity index is 989. The molecule has 0 bridgehead atoms. The van der Waals surface area contributed by atoms with Gasteiger partial charge in [0, 0.05) is 17.9 Å². The summed E-state index contributed by atoms with van der Waals surface area (Å²) in [7, 11) is 0. The lowest BCUT2D eigenvalue weighted by atomic mass is 10.1. The SMILES string of the molecule is CCc1nc2cccc(C#CC(C)C)c2c(=O)n1-c1ccccc1. The van der Waals surface area contributed by atoms with Gasteiger partial charge in [-0.05, 0) is 24.3 Å². The highest BCUT2D eigenvalue weighted by Crippen LogP contribution is 2.16. The number of fused-ring (bicyclic) bond motifs is 1. The van der Waals surface area contributed by atoms with Gasteiger partial charge in [0.1, 0.15) is 5.82 Å². The van der Waals surface area contributed by atoms with Crippen molar-refractivity contribution in [2.75, 3.05) is 0 Å². The van der Waals surface area contributed by atoms with Crippen molar-refractivity contribution >= 4 is 10.9 Å². The maximum absolute atomic E-state index is 13.2. The van der Waals surface area contributed by atoms with Gasteiger partial charge in [0.25, 0.3) is 5.56 Å². The van der Waals surface area contributed by atoms with E-state index >= 15 is 0 Å². The Labute approximate surface area is 142 Å². The van der Waals surface area contributed by atoms with Crippen LogP contribution < -0.4 is 5.56 Å². The Hall–Kier alpha value is -2.86. The molecule has 3 heteroatoms. The van der Waals surface area contributed by atoms with Crippen LogP contribution in [0.15, 0.2) is 53.3 Å². The zero-order chi connectivity index (χ0) is 17.1. The molecule has 0 unspecified atom stereocenters. The molecule has 1 aromatic heterocycles. The van der Waals surface area contributed by atoms with Gasteiger partial charge >= 0.3 is 0 Å². The summed E-state index contributed by atoms with van der Waals surface area (Å²) in [5, 5.41) is 0.590. The Kier molecular flexibility index (Phi) is 4.48. The molecule has 0 saturated heterocycles. The number of para-hydroxylation sites is 1. The minimum Gasteiger partial charge on any atom is -0.268 e. The molecule has 3 rings (SSSR count). The molecule has 120 valence electrons. The molecular formula is C21H20N2O. The van der Waals surface area contributed by atoms with Crippen LogP contribution in [0.25, 0.3) is 16.6 Å². The highest BCUT2D eigenvalue weighted by Gasteiger charge is 2.13. The van der Waals surface area contributed by atoms with Crippen LogP contribution in [0.3, 0.4) is 0 Å². The van der Waals surface area contributed by atoms with Gasteiger partial charge in [0.05, 0.1) is 16.6 Å². The average Bonchev–Trinajstić information content (AvgIpc) is 2.60. The monoisotopic (exact) mass is 316 g/mol. The topological polar surface area (TPSA) is 34.9 Å². The molecule has 0 amide bonds. The lowest BCUT2D eigenvalue weighted by Crippen LogP contribution is -2.24. The summed E-state index contributed by atoms with van der Waals surface area (Å²) in [4.78, 5) is 17.9. The summed E-state index contributed by atoms with van der Waals surface area (Å²) in [6, 6.07) is 15.3. The molecule has 0 aliphatic heterocycles. The van der Waals surface area contributed by atoms with E-state index in [1.165, 1.54) is 0 Å². The molecule has 3 nitrogen and oxygen atoms in total. The number of hydrogen-bond acceptors (Lipinski definition) is 2. The van der Waals surface area contributed by atoms with E-state index in [0.29, 0.717) is 17.3 Å². The number of aryl methyl sites for hydroxylation is 1. The van der Waals surface area contributed by atoms with E-state index in [4.69, 9.17) is 4.98 Å². The van der Waals surface area contributed by atoms with Crippen LogP contribution in [0.5, 0.6) is 0 Å². The van der Waals surface area contributed by atoms with Gasteiger partial charge < -0.3 is 0 Å². The van der Waals surface area contributed by atoms with Gasteiger partial charge in [-0.2, -0.15) is 0 Å². The Balaban J connectivity index is 2.38. The van der Waals surface area contributed by atoms with Gasteiger partial charge in [-0.15, -0.1) is 0 Å². The second kappa shape index (κ2) is 6.72. The molecule has 0 aliphatic carbocycles. The first kappa shape index (κ1) is 16.0. The van der Waals surface area contributed by atoms with Crippen LogP contribution >= 0.6 is 0 Å². The second-order valence-electron chi connectivity index (χ2n) is 5.98. The van der Waals surface area contributed by atoms with E-state index in [1.54, 1.807) is 4.57 Å². The summed E-state index contributed by atoms with van der Waals surface area (Å²) in [6.07, 6.45) is 0.683. The Morgan fingerprint density at radius 2 is 1.83 bits per heavy atom. The predicted molar refractivity (Wildman–Crippen MR) is 98.4 cm³/mol. The lowest BCUT2D eigenvalue weighted by molar-refractivity contribution is 0.833. The number of benzene rings is 2. The molecule has 0 atom stereocenters. The molecule has 2 aromatic carbocycles. The number of aromatic nitrogens is 2. The molecule has 0 radical (unpaired) electrons. The Morgan fingerprint density at radius 1 is 1.08 bits per heavy atom. The molecule has 1 heterocycles. The maximum atomic E-state index is 13.2. The van der Waals surface area contributed by atoms with Crippen molar-refractivity contribution in [3.8, 4) is 17.5 Å². The van der Waals surface area contributed by atoms with E-state index in [1.807, 2.05) is 69.3 Å². The van der Waals surface area contributed by atoms with E-state index in [2.05, 4.69) is 11.8 Å². The van der Waals surface area contributed by atoms with Crippen molar-refractivity contribution in [1.29, 1.82) is 0 Å². The molecule has 0 fully saturated rings. The third kappa shape index (κ3) is 2.96. The van der Waals surface area contributed by atoms with Crippen LogP contribution in [0.4, 0.5) is 0 Å². The first-order chi connectivity index (χ1) is 11.6. The van der Waals surface area contributed by atoms with Crippen molar-refractivity contribution in [3.05, 3.63) is 70.3 Å². The van der Waals surface area contributed by atoms with E-state index < -0.39 is 0 Å².